The number of amides is 4. The number of carbonyl (C=O) groups is 2. The molecule has 7 aromatic carbocycles. The molecule has 0 saturated carbocycles. The van der Waals surface area contributed by atoms with Gasteiger partial charge in [-0.05, 0) is 94.7 Å². The second-order valence-electron chi connectivity index (χ2n) is 12.3. The molecule has 0 aliphatic heterocycles. The van der Waals surface area contributed by atoms with E-state index in [4.69, 9.17) is 8.37 Å². The topological polar surface area (TPSA) is 169 Å². The Morgan fingerprint density at radius 2 is 0.836 bits per heavy atom. The molecule has 0 unspecified atom stereocenters. The molecule has 4 amide bonds. The lowest BCUT2D eigenvalue weighted by Gasteiger charge is -2.15. The Morgan fingerprint density at radius 1 is 0.436 bits per heavy atom. The van der Waals surface area contributed by atoms with Crippen molar-refractivity contribution >= 4 is 76.6 Å². The zero-order chi connectivity index (χ0) is 38.6. The number of nitrogens with one attached hydrogen (secondary N) is 4. The summed E-state index contributed by atoms with van der Waals surface area (Å²) >= 11 is 0. The van der Waals surface area contributed by atoms with Gasteiger partial charge in [0, 0.05) is 34.9 Å². The van der Waals surface area contributed by atoms with Crippen molar-refractivity contribution in [2.24, 2.45) is 0 Å². The second kappa shape index (κ2) is 15.2. The SMILES string of the molecule is Cc1c(NC(=O)Nc2cccc(OS(=O)(=O)c3ccc4ccccc4c3)c2)cccc1NC(=O)Nc1cccc(OS(=O)(=O)c2ccc3ccccc3c2)c1. The van der Waals surface area contributed by atoms with E-state index in [2.05, 4.69) is 21.3 Å². The second-order valence-corrected chi connectivity index (χ2v) is 15.4. The van der Waals surface area contributed by atoms with Crippen LogP contribution in [-0.2, 0) is 20.2 Å². The fourth-order valence-electron chi connectivity index (χ4n) is 5.72. The Labute approximate surface area is 317 Å². The summed E-state index contributed by atoms with van der Waals surface area (Å²) in [5.41, 5.74) is 1.84. The van der Waals surface area contributed by atoms with E-state index >= 15 is 0 Å². The first-order chi connectivity index (χ1) is 26.4. The first kappa shape index (κ1) is 36.5. The first-order valence-electron chi connectivity index (χ1n) is 16.7. The molecule has 0 spiro atoms. The van der Waals surface area contributed by atoms with Crippen LogP contribution >= 0.6 is 0 Å². The van der Waals surface area contributed by atoms with E-state index in [0.717, 1.165) is 21.5 Å². The first-order valence-corrected chi connectivity index (χ1v) is 19.6. The van der Waals surface area contributed by atoms with Crippen molar-refractivity contribution in [2.45, 2.75) is 16.7 Å². The molecular weight excluding hydrogens is 741 g/mol. The zero-order valence-corrected chi connectivity index (χ0v) is 30.6. The van der Waals surface area contributed by atoms with Gasteiger partial charge in [-0.15, -0.1) is 0 Å². The highest BCUT2D eigenvalue weighted by atomic mass is 32.2. The standard InChI is InChI=1S/C41H32N4O8S2/c1-27-38(44-40(46)42-32-13-6-15-34(25-32)52-54(48,49)36-21-19-28-9-2-4-11-30(28)23-36)17-8-18-39(27)45-41(47)43-33-14-7-16-35(26-33)53-55(50,51)37-22-20-29-10-3-5-12-31(29)24-37/h2-26H,1H3,(H2,42,44,46)(H2,43,45,47). The number of hydrogen-bond acceptors (Lipinski definition) is 8. The van der Waals surface area contributed by atoms with Crippen LogP contribution in [0.4, 0.5) is 32.3 Å². The number of urea groups is 2. The summed E-state index contributed by atoms with van der Waals surface area (Å²) in [7, 11) is -8.33. The summed E-state index contributed by atoms with van der Waals surface area (Å²) < 4.78 is 62.9. The van der Waals surface area contributed by atoms with E-state index in [9.17, 15) is 26.4 Å². The van der Waals surface area contributed by atoms with Crippen LogP contribution in [-0.4, -0.2) is 28.9 Å². The van der Waals surface area contributed by atoms with Gasteiger partial charge in [-0.3, -0.25) is 0 Å². The fourth-order valence-corrected chi connectivity index (χ4v) is 7.64. The zero-order valence-electron chi connectivity index (χ0n) is 29.0. The van der Waals surface area contributed by atoms with E-state index in [-0.39, 0.29) is 32.7 Å². The third-order valence-electron chi connectivity index (χ3n) is 8.45. The lowest BCUT2D eigenvalue weighted by atomic mass is 10.1. The predicted molar refractivity (Wildman–Crippen MR) is 213 cm³/mol. The van der Waals surface area contributed by atoms with E-state index in [1.165, 1.54) is 48.5 Å². The normalized spacial score (nSPS) is 11.4. The average Bonchev–Trinajstić information content (AvgIpc) is 3.16. The molecule has 7 rings (SSSR count). The van der Waals surface area contributed by atoms with E-state index < -0.39 is 32.3 Å². The predicted octanol–water partition coefficient (Wildman–Crippen LogP) is 9.12. The molecule has 276 valence electrons. The molecule has 0 radical (unpaired) electrons. The molecule has 12 nitrogen and oxygen atoms in total. The molecule has 55 heavy (non-hydrogen) atoms. The van der Waals surface area contributed by atoms with Gasteiger partial charge in [0.05, 0.1) is 0 Å². The fraction of sp³-hybridized carbons (Fsp3) is 0.0244. The van der Waals surface area contributed by atoms with Crippen LogP contribution in [0.1, 0.15) is 5.56 Å². The van der Waals surface area contributed by atoms with Gasteiger partial charge in [-0.25, -0.2) is 9.59 Å². The van der Waals surface area contributed by atoms with Crippen molar-refractivity contribution in [3.8, 4) is 11.5 Å². The Kier molecular flexibility index (Phi) is 10.1. The van der Waals surface area contributed by atoms with Gasteiger partial charge in [0.25, 0.3) is 0 Å². The molecule has 0 aliphatic rings. The Morgan fingerprint density at radius 3 is 1.27 bits per heavy atom. The van der Waals surface area contributed by atoms with Crippen LogP contribution in [0, 0.1) is 6.92 Å². The lowest BCUT2D eigenvalue weighted by molar-refractivity contribution is 0.261. The summed E-state index contributed by atoms with van der Waals surface area (Å²) in [5, 5.41) is 14.1. The molecule has 7 aromatic rings. The van der Waals surface area contributed by atoms with Crippen molar-refractivity contribution < 1.29 is 34.8 Å². The summed E-state index contributed by atoms with van der Waals surface area (Å²) in [6, 6.07) is 39.7. The lowest BCUT2D eigenvalue weighted by Crippen LogP contribution is -2.22. The van der Waals surface area contributed by atoms with Crippen LogP contribution in [0.2, 0.25) is 0 Å². The Bertz CT molecular complexity index is 2640. The summed E-state index contributed by atoms with van der Waals surface area (Å²) in [5.74, 6) is 0.00555. The highest BCUT2D eigenvalue weighted by Crippen LogP contribution is 2.28. The van der Waals surface area contributed by atoms with Crippen LogP contribution in [0.5, 0.6) is 11.5 Å². The molecule has 0 fully saturated rings. The van der Waals surface area contributed by atoms with Crippen LogP contribution < -0.4 is 29.6 Å². The maximum Gasteiger partial charge on any atom is 0.339 e. The van der Waals surface area contributed by atoms with Crippen molar-refractivity contribution in [1.29, 1.82) is 0 Å². The smallest absolute Gasteiger partial charge is 0.339 e. The van der Waals surface area contributed by atoms with Gasteiger partial charge in [-0.2, -0.15) is 16.8 Å². The summed E-state index contributed by atoms with van der Waals surface area (Å²) in [4.78, 5) is 26.0. The molecule has 4 N–H and O–H groups in total. The average molecular weight is 773 g/mol. The number of benzene rings is 7. The largest absolute Gasteiger partial charge is 0.379 e. The third kappa shape index (κ3) is 8.67. The minimum atomic E-state index is -4.16. The maximum atomic E-state index is 13.0. The van der Waals surface area contributed by atoms with Gasteiger partial charge >= 0.3 is 32.3 Å². The molecule has 0 aliphatic carbocycles. The number of anilines is 4. The van der Waals surface area contributed by atoms with Gasteiger partial charge in [0.2, 0.25) is 0 Å². The van der Waals surface area contributed by atoms with E-state index in [1.807, 2.05) is 48.5 Å². The minimum absolute atomic E-state index is 0.00278. The number of fused-ring (bicyclic) bond motifs is 2. The van der Waals surface area contributed by atoms with Crippen LogP contribution in [0.3, 0.4) is 0 Å². The van der Waals surface area contributed by atoms with Crippen molar-refractivity contribution in [2.75, 3.05) is 21.3 Å². The monoisotopic (exact) mass is 772 g/mol. The Balaban J connectivity index is 0.961. The van der Waals surface area contributed by atoms with Crippen molar-refractivity contribution in [3.63, 3.8) is 0 Å². The molecule has 0 saturated heterocycles. The quantitative estimate of drug-likeness (QED) is 0.0998. The van der Waals surface area contributed by atoms with E-state index in [0.29, 0.717) is 16.9 Å². The van der Waals surface area contributed by atoms with Crippen LogP contribution in [0.25, 0.3) is 21.5 Å². The van der Waals surface area contributed by atoms with Gasteiger partial charge in [0.15, 0.2) is 0 Å². The highest BCUT2D eigenvalue weighted by molar-refractivity contribution is 7.87. The number of carbonyl (C=O) groups excluding carboxylic acids is 2. The third-order valence-corrected chi connectivity index (χ3v) is 10.9. The Hall–Kier alpha value is -6.90. The summed E-state index contributed by atoms with van der Waals surface area (Å²) in [6.07, 6.45) is 0. The van der Waals surface area contributed by atoms with Crippen molar-refractivity contribution in [1.82, 2.24) is 0 Å². The highest BCUT2D eigenvalue weighted by Gasteiger charge is 2.19. The van der Waals surface area contributed by atoms with Gasteiger partial charge in [0.1, 0.15) is 21.3 Å². The number of hydrogen-bond donors (Lipinski definition) is 4. The van der Waals surface area contributed by atoms with Gasteiger partial charge in [-0.1, -0.05) is 78.9 Å². The summed E-state index contributed by atoms with van der Waals surface area (Å²) in [6.45, 7) is 1.70. The van der Waals surface area contributed by atoms with Crippen LogP contribution in [0.15, 0.2) is 161 Å². The maximum absolute atomic E-state index is 13.0. The molecule has 14 heteroatoms. The molecular formula is C41H32N4O8S2. The van der Waals surface area contributed by atoms with Crippen molar-refractivity contribution in [3.05, 3.63) is 157 Å². The number of rotatable bonds is 10. The molecule has 0 heterocycles. The van der Waals surface area contributed by atoms with Gasteiger partial charge < -0.3 is 29.6 Å². The molecule has 0 aromatic heterocycles. The minimum Gasteiger partial charge on any atom is -0.379 e. The molecule has 0 atom stereocenters. The van der Waals surface area contributed by atoms with E-state index in [1.54, 1.807) is 61.5 Å². The molecule has 0 bridgehead atoms.